The molecule has 0 radical (unpaired) electrons. The van der Waals surface area contributed by atoms with Crippen LogP contribution in [0.4, 0.5) is 5.69 Å². The first-order valence-corrected chi connectivity index (χ1v) is 10.7. The van der Waals surface area contributed by atoms with E-state index in [2.05, 4.69) is 14.9 Å². The number of nitrogens with zero attached hydrogens (tertiary/aromatic N) is 2. The average molecular weight is 399 g/mol. The molecule has 8 heteroatoms. The Kier molecular flexibility index (Phi) is 5.04. The number of hydrogen-bond acceptors (Lipinski definition) is 6. The quantitative estimate of drug-likeness (QED) is 0.620. The fraction of sp³-hybridized carbons (Fsp3) is 0.300. The Hall–Kier alpha value is -2.87. The van der Waals surface area contributed by atoms with Crippen molar-refractivity contribution in [1.82, 2.24) is 10.1 Å². The summed E-state index contributed by atoms with van der Waals surface area (Å²) in [6.45, 7) is 2.40. The van der Waals surface area contributed by atoms with Crippen molar-refractivity contribution in [2.75, 3.05) is 11.3 Å². The molecule has 0 spiro atoms. The SMILES string of the molecule is CCOc1ccc(S(=O)(=O)Nc2ccccc2Cc2nc(C3CC3)no2)cc1. The third-order valence-electron chi connectivity index (χ3n) is 4.47. The minimum Gasteiger partial charge on any atom is -0.494 e. The molecule has 0 atom stereocenters. The molecule has 1 saturated carbocycles. The first-order chi connectivity index (χ1) is 13.5. The predicted molar refractivity (Wildman–Crippen MR) is 104 cm³/mol. The van der Waals surface area contributed by atoms with Gasteiger partial charge in [-0.15, -0.1) is 0 Å². The molecule has 0 amide bonds. The molecule has 0 unspecified atom stereocenters. The zero-order valence-corrected chi connectivity index (χ0v) is 16.3. The van der Waals surface area contributed by atoms with E-state index in [1.54, 1.807) is 24.3 Å². The molecule has 3 aromatic rings. The molecule has 1 aliphatic carbocycles. The van der Waals surface area contributed by atoms with Gasteiger partial charge in [-0.3, -0.25) is 4.72 Å². The van der Waals surface area contributed by atoms with E-state index in [9.17, 15) is 8.42 Å². The van der Waals surface area contributed by atoms with E-state index in [-0.39, 0.29) is 4.90 Å². The molecular weight excluding hydrogens is 378 g/mol. The van der Waals surface area contributed by atoms with Gasteiger partial charge in [-0.25, -0.2) is 8.42 Å². The van der Waals surface area contributed by atoms with Crippen LogP contribution in [-0.4, -0.2) is 25.2 Å². The second-order valence-corrected chi connectivity index (χ2v) is 8.35. The highest BCUT2D eigenvalue weighted by atomic mass is 32.2. The number of hydrogen-bond donors (Lipinski definition) is 1. The lowest BCUT2D eigenvalue weighted by Crippen LogP contribution is -2.14. The Morgan fingerprint density at radius 1 is 1.14 bits per heavy atom. The standard InChI is InChI=1S/C20H21N3O4S/c1-2-26-16-9-11-17(12-10-16)28(24,25)23-18-6-4-3-5-15(18)13-19-21-20(22-27-19)14-7-8-14/h3-6,9-12,14,23H,2,7-8,13H2,1H3. The van der Waals surface area contributed by atoms with E-state index >= 15 is 0 Å². The summed E-state index contributed by atoms with van der Waals surface area (Å²) in [4.78, 5) is 4.59. The monoisotopic (exact) mass is 399 g/mol. The normalized spacial score (nSPS) is 14.0. The fourth-order valence-corrected chi connectivity index (χ4v) is 3.97. The zero-order valence-electron chi connectivity index (χ0n) is 15.5. The van der Waals surface area contributed by atoms with Crippen LogP contribution in [0.25, 0.3) is 0 Å². The molecule has 7 nitrogen and oxygen atoms in total. The van der Waals surface area contributed by atoms with Crippen LogP contribution in [0.3, 0.4) is 0 Å². The van der Waals surface area contributed by atoms with Gasteiger partial charge in [0.15, 0.2) is 5.82 Å². The van der Waals surface area contributed by atoms with Crippen molar-refractivity contribution in [3.05, 3.63) is 65.8 Å². The first kappa shape index (κ1) is 18.5. The third kappa shape index (κ3) is 4.17. The molecule has 4 rings (SSSR count). The van der Waals surface area contributed by atoms with Gasteiger partial charge < -0.3 is 9.26 Å². The smallest absolute Gasteiger partial charge is 0.261 e. The van der Waals surface area contributed by atoms with Gasteiger partial charge in [0, 0.05) is 5.92 Å². The van der Waals surface area contributed by atoms with Gasteiger partial charge in [-0.05, 0) is 55.7 Å². The molecule has 2 aromatic carbocycles. The van der Waals surface area contributed by atoms with E-state index in [1.807, 2.05) is 19.1 Å². The van der Waals surface area contributed by atoms with Crippen LogP contribution < -0.4 is 9.46 Å². The summed E-state index contributed by atoms with van der Waals surface area (Å²) in [5.41, 5.74) is 1.26. The number of benzene rings is 2. The lowest BCUT2D eigenvalue weighted by molar-refractivity contribution is 0.340. The fourth-order valence-electron chi connectivity index (χ4n) is 2.87. The van der Waals surface area contributed by atoms with Crippen LogP contribution in [0.5, 0.6) is 5.75 Å². The second-order valence-electron chi connectivity index (χ2n) is 6.66. The van der Waals surface area contributed by atoms with Crippen molar-refractivity contribution < 1.29 is 17.7 Å². The molecular formula is C20H21N3O4S. The van der Waals surface area contributed by atoms with Crippen LogP contribution in [-0.2, 0) is 16.4 Å². The van der Waals surface area contributed by atoms with Crippen LogP contribution in [0.1, 0.15) is 43.0 Å². The Balaban J connectivity index is 1.53. The Labute approximate surface area is 163 Å². The molecule has 1 aliphatic rings. The largest absolute Gasteiger partial charge is 0.494 e. The number of nitrogens with one attached hydrogen (secondary N) is 1. The lowest BCUT2D eigenvalue weighted by atomic mass is 10.1. The van der Waals surface area contributed by atoms with Crippen molar-refractivity contribution >= 4 is 15.7 Å². The van der Waals surface area contributed by atoms with Crippen molar-refractivity contribution in [3.8, 4) is 5.75 Å². The highest BCUT2D eigenvalue weighted by molar-refractivity contribution is 7.92. The highest BCUT2D eigenvalue weighted by Gasteiger charge is 2.29. The third-order valence-corrected chi connectivity index (χ3v) is 5.86. The van der Waals surface area contributed by atoms with Crippen molar-refractivity contribution in [2.45, 2.75) is 37.0 Å². The lowest BCUT2D eigenvalue weighted by Gasteiger charge is -2.12. The molecule has 0 aliphatic heterocycles. The van der Waals surface area contributed by atoms with E-state index in [4.69, 9.17) is 9.26 Å². The van der Waals surface area contributed by atoms with Gasteiger partial charge in [-0.1, -0.05) is 23.4 Å². The number of aromatic nitrogens is 2. The van der Waals surface area contributed by atoms with E-state index in [1.165, 1.54) is 12.1 Å². The predicted octanol–water partition coefficient (Wildman–Crippen LogP) is 3.74. The molecule has 146 valence electrons. The van der Waals surface area contributed by atoms with Crippen molar-refractivity contribution in [2.24, 2.45) is 0 Å². The molecule has 0 saturated heterocycles. The maximum absolute atomic E-state index is 12.8. The van der Waals surface area contributed by atoms with Gasteiger partial charge in [0.1, 0.15) is 5.75 Å². The Morgan fingerprint density at radius 3 is 2.61 bits per heavy atom. The van der Waals surface area contributed by atoms with Crippen LogP contribution in [0, 0.1) is 0 Å². The maximum atomic E-state index is 12.8. The minimum absolute atomic E-state index is 0.166. The molecule has 1 heterocycles. The summed E-state index contributed by atoms with van der Waals surface area (Å²) in [5.74, 6) is 2.26. The van der Waals surface area contributed by atoms with Gasteiger partial charge in [-0.2, -0.15) is 4.98 Å². The van der Waals surface area contributed by atoms with Crippen LogP contribution in [0.15, 0.2) is 57.9 Å². The number of rotatable bonds is 8. The van der Waals surface area contributed by atoms with Gasteiger partial charge in [0.25, 0.3) is 10.0 Å². The summed E-state index contributed by atoms with van der Waals surface area (Å²) < 4.78 is 38.9. The second kappa shape index (κ2) is 7.63. The van der Waals surface area contributed by atoms with Gasteiger partial charge in [0.2, 0.25) is 5.89 Å². The van der Waals surface area contributed by atoms with Crippen molar-refractivity contribution in [1.29, 1.82) is 0 Å². The molecule has 1 fully saturated rings. The van der Waals surface area contributed by atoms with E-state index in [0.29, 0.717) is 36.3 Å². The van der Waals surface area contributed by atoms with Gasteiger partial charge in [0.05, 0.1) is 23.6 Å². The minimum atomic E-state index is -3.73. The topological polar surface area (TPSA) is 94.3 Å². The number of para-hydroxylation sites is 1. The summed E-state index contributed by atoms with van der Waals surface area (Å²) in [5, 5.41) is 4.01. The average Bonchev–Trinajstić information content (AvgIpc) is 3.43. The van der Waals surface area contributed by atoms with Crippen LogP contribution >= 0.6 is 0 Å². The molecule has 28 heavy (non-hydrogen) atoms. The summed E-state index contributed by atoms with van der Waals surface area (Å²) in [7, 11) is -3.73. The zero-order chi connectivity index (χ0) is 19.6. The Bertz CT molecular complexity index is 1060. The first-order valence-electron chi connectivity index (χ1n) is 9.21. The molecule has 1 aromatic heterocycles. The molecule has 0 bridgehead atoms. The summed E-state index contributed by atoms with van der Waals surface area (Å²) in [6, 6.07) is 13.5. The number of ether oxygens (including phenoxy) is 1. The Morgan fingerprint density at radius 2 is 1.89 bits per heavy atom. The summed E-state index contributed by atoms with van der Waals surface area (Å²) in [6.07, 6.45) is 2.55. The van der Waals surface area contributed by atoms with E-state index < -0.39 is 10.0 Å². The number of anilines is 1. The number of sulfonamides is 1. The highest BCUT2D eigenvalue weighted by Crippen LogP contribution is 2.38. The van der Waals surface area contributed by atoms with Crippen molar-refractivity contribution in [3.63, 3.8) is 0 Å². The maximum Gasteiger partial charge on any atom is 0.261 e. The molecule has 1 N–H and O–H groups in total. The van der Waals surface area contributed by atoms with E-state index in [0.717, 1.165) is 24.2 Å². The summed E-state index contributed by atoms with van der Waals surface area (Å²) >= 11 is 0. The van der Waals surface area contributed by atoms with Crippen LogP contribution in [0.2, 0.25) is 0 Å². The van der Waals surface area contributed by atoms with Gasteiger partial charge >= 0.3 is 0 Å².